The van der Waals surface area contributed by atoms with Gasteiger partial charge in [-0.05, 0) is 48.7 Å². The fourth-order valence-corrected chi connectivity index (χ4v) is 4.67. The number of halogens is 1. The maximum atomic E-state index is 12.6. The van der Waals surface area contributed by atoms with Gasteiger partial charge in [0.2, 0.25) is 0 Å². The van der Waals surface area contributed by atoms with Crippen LogP contribution in [0, 0.1) is 13.8 Å². The highest BCUT2D eigenvalue weighted by molar-refractivity contribution is 7.90. The van der Waals surface area contributed by atoms with Crippen molar-refractivity contribution in [1.29, 1.82) is 0 Å². The second-order valence-corrected chi connectivity index (χ2v) is 10.2. The van der Waals surface area contributed by atoms with Crippen LogP contribution < -0.4 is 4.72 Å². The Morgan fingerprint density at radius 1 is 0.971 bits per heavy atom. The Morgan fingerprint density at radius 3 is 2.34 bits per heavy atom. The summed E-state index contributed by atoms with van der Waals surface area (Å²) in [6.45, 7) is 3.99. The second-order valence-electron chi connectivity index (χ2n) is 8.14. The highest BCUT2D eigenvalue weighted by atomic mass is 35.5. The Labute approximate surface area is 210 Å². The molecule has 0 aliphatic heterocycles. The summed E-state index contributed by atoms with van der Waals surface area (Å²) in [7, 11) is -4.00. The number of benzene rings is 3. The van der Waals surface area contributed by atoms with E-state index in [2.05, 4.69) is 9.71 Å². The van der Waals surface area contributed by atoms with Crippen LogP contribution in [0.5, 0.6) is 0 Å². The maximum absolute atomic E-state index is 12.6. The average Bonchev–Trinajstić information content (AvgIpc) is 3.20. The quantitative estimate of drug-likeness (QED) is 0.337. The van der Waals surface area contributed by atoms with Crippen molar-refractivity contribution in [2.75, 3.05) is 0 Å². The van der Waals surface area contributed by atoms with Crippen LogP contribution in [0.15, 0.2) is 83.9 Å². The molecule has 1 aromatic heterocycles. The first kappa shape index (κ1) is 24.4. The Balaban J connectivity index is 1.47. The number of rotatable bonds is 7. The van der Waals surface area contributed by atoms with E-state index in [1.165, 1.54) is 18.3 Å². The van der Waals surface area contributed by atoms with Crippen LogP contribution in [0.25, 0.3) is 12.2 Å². The Morgan fingerprint density at radius 2 is 1.66 bits per heavy atom. The van der Waals surface area contributed by atoms with Crippen molar-refractivity contribution < 1.29 is 13.2 Å². The average molecular weight is 506 g/mol. The first-order valence-corrected chi connectivity index (χ1v) is 12.8. The topological polar surface area (TPSA) is 81.1 Å². The number of aryl methyl sites for hydroxylation is 2. The van der Waals surface area contributed by atoms with Crippen molar-refractivity contribution in [2.45, 2.75) is 25.3 Å². The lowest BCUT2D eigenvalue weighted by molar-refractivity contribution is 0.0977. The molecule has 0 spiro atoms. The molecule has 0 radical (unpaired) electrons. The first-order chi connectivity index (χ1) is 16.7. The Hall–Kier alpha value is -3.68. The number of aromatic nitrogens is 2. The summed E-state index contributed by atoms with van der Waals surface area (Å²) in [6, 6.07) is 22.0. The normalized spacial score (nSPS) is 11.6. The summed E-state index contributed by atoms with van der Waals surface area (Å²) in [5.41, 5.74) is 3.84. The predicted octanol–water partition coefficient (Wildman–Crippen LogP) is 5.49. The van der Waals surface area contributed by atoms with Crippen LogP contribution in [0.3, 0.4) is 0 Å². The molecular formula is C27H24ClN3O3S. The number of amides is 1. The summed E-state index contributed by atoms with van der Waals surface area (Å²) < 4.78 is 28.9. The van der Waals surface area contributed by atoms with E-state index < -0.39 is 15.9 Å². The minimum absolute atomic E-state index is 0.0109. The fourth-order valence-electron chi connectivity index (χ4n) is 3.46. The van der Waals surface area contributed by atoms with Crippen molar-refractivity contribution in [3.05, 3.63) is 118 Å². The smallest absolute Gasteiger partial charge is 0.285 e. The number of nitrogens with one attached hydrogen (secondary N) is 1. The van der Waals surface area contributed by atoms with E-state index in [1.54, 1.807) is 23.6 Å². The van der Waals surface area contributed by atoms with Crippen molar-refractivity contribution in [3.63, 3.8) is 0 Å². The van der Waals surface area contributed by atoms with Crippen molar-refractivity contribution >= 4 is 39.7 Å². The number of hydrogen-bond acceptors (Lipinski definition) is 4. The fraction of sp³-hybridized carbons (Fsp3) is 0.111. The van der Waals surface area contributed by atoms with E-state index in [9.17, 15) is 13.2 Å². The molecule has 1 heterocycles. The number of carbonyl (C=O) groups is 1. The first-order valence-electron chi connectivity index (χ1n) is 10.9. The van der Waals surface area contributed by atoms with E-state index in [1.807, 2.05) is 67.6 Å². The summed E-state index contributed by atoms with van der Waals surface area (Å²) in [4.78, 5) is 16.9. The number of nitrogens with zero attached hydrogens (tertiary/aromatic N) is 2. The van der Waals surface area contributed by atoms with Gasteiger partial charge in [-0.1, -0.05) is 83.9 Å². The predicted molar refractivity (Wildman–Crippen MR) is 139 cm³/mol. The maximum Gasteiger partial charge on any atom is 0.285 e. The molecule has 0 atom stereocenters. The van der Waals surface area contributed by atoms with Crippen molar-refractivity contribution in [3.8, 4) is 0 Å². The molecule has 1 amide bonds. The van der Waals surface area contributed by atoms with Crippen LogP contribution in [0.4, 0.5) is 0 Å². The van der Waals surface area contributed by atoms with Gasteiger partial charge in [0.05, 0.1) is 11.4 Å². The van der Waals surface area contributed by atoms with Gasteiger partial charge >= 0.3 is 0 Å². The van der Waals surface area contributed by atoms with Crippen LogP contribution in [0.2, 0.25) is 5.02 Å². The zero-order valence-corrected chi connectivity index (χ0v) is 20.8. The monoisotopic (exact) mass is 505 g/mol. The van der Waals surface area contributed by atoms with E-state index in [0.29, 0.717) is 17.4 Å². The second kappa shape index (κ2) is 10.3. The Kier molecular flexibility index (Phi) is 7.19. The molecule has 0 aliphatic carbocycles. The molecule has 4 aromatic rings. The van der Waals surface area contributed by atoms with Crippen LogP contribution >= 0.6 is 11.6 Å². The summed E-state index contributed by atoms with van der Waals surface area (Å²) in [5, 5.41) is 0.585. The molecule has 0 saturated carbocycles. The molecule has 6 nitrogen and oxygen atoms in total. The molecule has 35 heavy (non-hydrogen) atoms. The van der Waals surface area contributed by atoms with E-state index in [-0.39, 0.29) is 10.6 Å². The largest absolute Gasteiger partial charge is 0.330 e. The van der Waals surface area contributed by atoms with E-state index >= 15 is 0 Å². The summed E-state index contributed by atoms with van der Waals surface area (Å²) in [6.07, 6.45) is 5.53. The molecular weight excluding hydrogens is 482 g/mol. The minimum atomic E-state index is -4.00. The van der Waals surface area contributed by atoms with E-state index in [0.717, 1.165) is 22.3 Å². The van der Waals surface area contributed by atoms with Crippen LogP contribution in [0.1, 0.15) is 38.6 Å². The third-order valence-corrected chi connectivity index (χ3v) is 7.15. The van der Waals surface area contributed by atoms with Gasteiger partial charge in [-0.3, -0.25) is 4.79 Å². The third kappa shape index (κ3) is 6.07. The lowest BCUT2D eigenvalue weighted by atomic mass is 10.1. The molecule has 1 N–H and O–H groups in total. The summed E-state index contributed by atoms with van der Waals surface area (Å²) in [5.74, 6) is -0.230. The zero-order valence-electron chi connectivity index (χ0n) is 19.3. The van der Waals surface area contributed by atoms with Gasteiger partial charge in [0.25, 0.3) is 15.9 Å². The highest BCUT2D eigenvalue weighted by Crippen LogP contribution is 2.21. The molecule has 0 aliphatic rings. The molecule has 3 aromatic carbocycles. The standard InChI is InChI=1S/C27H24ClN3O3S/c1-19-8-14-24(15-9-19)35(33,34)30-27(32)26-18-31(20(2)29-26)17-23-13-12-22(16-25(23)28)11-10-21-6-4-3-5-7-21/h3-16,18H,17H2,1-2H3,(H,30,32). The van der Waals surface area contributed by atoms with Gasteiger partial charge in [0.15, 0.2) is 0 Å². The van der Waals surface area contributed by atoms with Crippen LogP contribution in [-0.4, -0.2) is 23.9 Å². The number of sulfonamides is 1. The summed E-state index contributed by atoms with van der Waals surface area (Å²) >= 11 is 6.52. The van der Waals surface area contributed by atoms with Gasteiger partial charge in [-0.25, -0.2) is 18.1 Å². The molecule has 0 saturated heterocycles. The number of carbonyl (C=O) groups excluding carboxylic acids is 1. The SMILES string of the molecule is Cc1ccc(S(=O)(=O)NC(=O)c2cn(Cc3ccc(C=Cc4ccccc4)cc3Cl)c(C)n2)cc1. The highest BCUT2D eigenvalue weighted by Gasteiger charge is 2.21. The van der Waals surface area contributed by atoms with Gasteiger partial charge < -0.3 is 4.57 Å². The molecule has 0 bridgehead atoms. The molecule has 8 heteroatoms. The molecule has 0 fully saturated rings. The van der Waals surface area contributed by atoms with Crippen molar-refractivity contribution in [2.24, 2.45) is 0 Å². The zero-order chi connectivity index (χ0) is 25.0. The van der Waals surface area contributed by atoms with Crippen LogP contribution in [-0.2, 0) is 16.6 Å². The number of imidazole rings is 1. The molecule has 178 valence electrons. The minimum Gasteiger partial charge on any atom is -0.330 e. The Bertz CT molecular complexity index is 1490. The third-order valence-electron chi connectivity index (χ3n) is 5.45. The lowest BCUT2D eigenvalue weighted by Crippen LogP contribution is -2.30. The van der Waals surface area contributed by atoms with Gasteiger partial charge in [-0.2, -0.15) is 0 Å². The number of hydrogen-bond donors (Lipinski definition) is 1. The molecule has 0 unspecified atom stereocenters. The van der Waals surface area contributed by atoms with E-state index in [4.69, 9.17) is 11.6 Å². The van der Waals surface area contributed by atoms with Gasteiger partial charge in [0.1, 0.15) is 11.5 Å². The lowest BCUT2D eigenvalue weighted by Gasteiger charge is -2.08. The molecule has 4 rings (SSSR count). The van der Waals surface area contributed by atoms with Gasteiger partial charge in [-0.15, -0.1) is 0 Å². The van der Waals surface area contributed by atoms with Crippen molar-refractivity contribution in [1.82, 2.24) is 14.3 Å². The van der Waals surface area contributed by atoms with Gasteiger partial charge in [0, 0.05) is 11.2 Å².